The Labute approximate surface area is 200 Å². The molecule has 1 heterocycles. The second kappa shape index (κ2) is 11.7. The molecule has 0 saturated carbocycles. The van der Waals surface area contributed by atoms with Crippen LogP contribution in [0.5, 0.6) is 0 Å². The van der Waals surface area contributed by atoms with Crippen molar-refractivity contribution in [2.24, 2.45) is 0 Å². The highest BCUT2D eigenvalue weighted by molar-refractivity contribution is 7.99. The summed E-state index contributed by atoms with van der Waals surface area (Å²) in [5.74, 6) is 0.485. The van der Waals surface area contributed by atoms with Crippen LogP contribution in [0.25, 0.3) is 0 Å². The third kappa shape index (κ3) is 6.59. The summed E-state index contributed by atoms with van der Waals surface area (Å²) in [5, 5.41) is 15.4. The van der Waals surface area contributed by atoms with Crippen LogP contribution in [0.15, 0.2) is 66.3 Å². The number of allylic oxidation sites excluding steroid dienone is 1. The molecule has 166 valence electrons. The van der Waals surface area contributed by atoms with Gasteiger partial charge in [-0.15, -0.1) is 16.8 Å². The van der Waals surface area contributed by atoms with Crippen LogP contribution in [0.3, 0.4) is 0 Å². The zero-order valence-electron chi connectivity index (χ0n) is 17.1. The molecule has 10 heteroatoms. The first kappa shape index (κ1) is 23.8. The van der Waals surface area contributed by atoms with E-state index in [-0.39, 0.29) is 17.6 Å². The number of carbonyl (C=O) groups is 2. The number of benzene rings is 2. The summed E-state index contributed by atoms with van der Waals surface area (Å²) in [6.07, 6.45) is 2.19. The number of para-hydroxylation sites is 1. The van der Waals surface area contributed by atoms with Crippen LogP contribution in [-0.4, -0.2) is 38.9 Å². The molecule has 2 N–H and O–H groups in total. The summed E-state index contributed by atoms with van der Waals surface area (Å²) in [6, 6.07) is 14.0. The maximum atomic E-state index is 12.3. The van der Waals surface area contributed by atoms with Gasteiger partial charge in [0.25, 0.3) is 5.91 Å². The number of hydrogen-bond donors (Lipinski definition) is 2. The van der Waals surface area contributed by atoms with E-state index in [0.29, 0.717) is 46.1 Å². The van der Waals surface area contributed by atoms with Crippen LogP contribution in [0.1, 0.15) is 16.2 Å². The lowest BCUT2D eigenvalue weighted by molar-refractivity contribution is -0.113. The maximum absolute atomic E-state index is 12.3. The largest absolute Gasteiger partial charge is 0.352 e. The first-order valence-corrected chi connectivity index (χ1v) is 11.5. The molecule has 0 spiro atoms. The van der Waals surface area contributed by atoms with Crippen molar-refractivity contribution >= 4 is 52.5 Å². The van der Waals surface area contributed by atoms with Gasteiger partial charge in [-0.05, 0) is 30.3 Å². The molecule has 0 aliphatic carbocycles. The monoisotopic (exact) mass is 489 g/mol. The fourth-order valence-corrected chi connectivity index (χ4v) is 3.86. The highest BCUT2D eigenvalue weighted by Crippen LogP contribution is 2.22. The molecular formula is C22H21Cl2N5O2S. The number of carbonyl (C=O) groups excluding carboxylic acids is 2. The standard InChI is InChI=1S/C22H21Cl2N5O2S/c1-2-12-29-19(10-11-25-21(31)15-8-9-17(23)18(24)13-15)27-28-22(29)32-14-20(30)26-16-6-4-3-5-7-16/h2-9,13H,1,10-12,14H2,(H,25,31)(H,26,30). The zero-order chi connectivity index (χ0) is 22.9. The number of nitrogens with zero attached hydrogens (tertiary/aromatic N) is 3. The van der Waals surface area contributed by atoms with Gasteiger partial charge in [0.1, 0.15) is 5.82 Å². The molecule has 0 radical (unpaired) electrons. The number of thioether (sulfide) groups is 1. The van der Waals surface area contributed by atoms with E-state index in [9.17, 15) is 9.59 Å². The molecule has 0 aliphatic rings. The molecule has 0 atom stereocenters. The minimum atomic E-state index is -0.259. The predicted molar refractivity (Wildman–Crippen MR) is 129 cm³/mol. The second-order valence-corrected chi connectivity index (χ2v) is 8.39. The van der Waals surface area contributed by atoms with Gasteiger partial charge in [0, 0.05) is 30.8 Å². The van der Waals surface area contributed by atoms with E-state index in [0.717, 1.165) is 5.69 Å². The van der Waals surface area contributed by atoms with Crippen molar-refractivity contribution in [1.82, 2.24) is 20.1 Å². The van der Waals surface area contributed by atoms with Gasteiger partial charge in [0.15, 0.2) is 5.16 Å². The summed E-state index contributed by atoms with van der Waals surface area (Å²) in [7, 11) is 0. The number of nitrogens with one attached hydrogen (secondary N) is 2. The molecule has 32 heavy (non-hydrogen) atoms. The highest BCUT2D eigenvalue weighted by atomic mass is 35.5. The fraction of sp³-hybridized carbons (Fsp3) is 0.182. The van der Waals surface area contributed by atoms with Crippen molar-refractivity contribution in [3.8, 4) is 0 Å². The lowest BCUT2D eigenvalue weighted by atomic mass is 10.2. The average molecular weight is 490 g/mol. The van der Waals surface area contributed by atoms with E-state index in [1.807, 2.05) is 34.9 Å². The third-order valence-corrected chi connectivity index (χ3v) is 6.02. The van der Waals surface area contributed by atoms with Crippen molar-refractivity contribution in [2.45, 2.75) is 18.1 Å². The van der Waals surface area contributed by atoms with Crippen molar-refractivity contribution in [3.63, 3.8) is 0 Å². The van der Waals surface area contributed by atoms with Crippen LogP contribution >= 0.6 is 35.0 Å². The van der Waals surface area contributed by atoms with Crippen molar-refractivity contribution in [1.29, 1.82) is 0 Å². The first-order valence-electron chi connectivity index (χ1n) is 9.72. The number of hydrogen-bond acceptors (Lipinski definition) is 5. The lowest BCUT2D eigenvalue weighted by Crippen LogP contribution is -2.26. The Kier molecular flexibility index (Phi) is 8.72. The highest BCUT2D eigenvalue weighted by Gasteiger charge is 2.14. The minimum absolute atomic E-state index is 0.134. The fourth-order valence-electron chi connectivity index (χ4n) is 2.80. The van der Waals surface area contributed by atoms with Crippen molar-refractivity contribution < 1.29 is 9.59 Å². The van der Waals surface area contributed by atoms with E-state index >= 15 is 0 Å². The van der Waals surface area contributed by atoms with Crippen molar-refractivity contribution in [3.05, 3.63) is 82.6 Å². The molecule has 2 aromatic carbocycles. The van der Waals surface area contributed by atoms with Gasteiger partial charge in [0.2, 0.25) is 5.91 Å². The Morgan fingerprint density at radius 2 is 1.88 bits per heavy atom. The van der Waals surface area contributed by atoms with Gasteiger partial charge in [0.05, 0.1) is 15.8 Å². The number of anilines is 1. The third-order valence-electron chi connectivity index (χ3n) is 4.31. The second-order valence-electron chi connectivity index (χ2n) is 6.64. The van der Waals surface area contributed by atoms with Gasteiger partial charge in [-0.25, -0.2) is 0 Å². The Balaban J connectivity index is 1.55. The van der Waals surface area contributed by atoms with Gasteiger partial charge >= 0.3 is 0 Å². The van der Waals surface area contributed by atoms with E-state index < -0.39 is 0 Å². The quantitative estimate of drug-likeness (QED) is 0.323. The molecule has 7 nitrogen and oxygen atoms in total. The smallest absolute Gasteiger partial charge is 0.251 e. The van der Waals surface area contributed by atoms with Gasteiger partial charge < -0.3 is 15.2 Å². The Bertz CT molecular complexity index is 1100. The van der Waals surface area contributed by atoms with Gasteiger partial charge in [-0.1, -0.05) is 59.2 Å². The molecule has 0 fully saturated rings. The number of aromatic nitrogens is 3. The molecule has 3 rings (SSSR count). The van der Waals surface area contributed by atoms with E-state index in [1.54, 1.807) is 18.2 Å². The molecular weight excluding hydrogens is 469 g/mol. The topological polar surface area (TPSA) is 88.9 Å². The Morgan fingerprint density at radius 3 is 2.59 bits per heavy atom. The van der Waals surface area contributed by atoms with E-state index in [2.05, 4.69) is 27.4 Å². The van der Waals surface area contributed by atoms with E-state index in [1.165, 1.54) is 17.8 Å². The number of halogens is 2. The molecule has 2 amide bonds. The summed E-state index contributed by atoms with van der Waals surface area (Å²) in [5.41, 5.74) is 1.16. The van der Waals surface area contributed by atoms with Gasteiger partial charge in [-0.3, -0.25) is 9.59 Å². The minimum Gasteiger partial charge on any atom is -0.352 e. The molecule has 3 aromatic rings. The molecule has 0 aliphatic heterocycles. The van der Waals surface area contributed by atoms with Crippen LogP contribution in [-0.2, 0) is 17.8 Å². The maximum Gasteiger partial charge on any atom is 0.251 e. The Morgan fingerprint density at radius 1 is 1.09 bits per heavy atom. The van der Waals surface area contributed by atoms with Crippen molar-refractivity contribution in [2.75, 3.05) is 17.6 Å². The number of amides is 2. The van der Waals surface area contributed by atoms with Crippen LogP contribution in [0, 0.1) is 0 Å². The van der Waals surface area contributed by atoms with Crippen LogP contribution in [0.2, 0.25) is 10.0 Å². The molecule has 0 saturated heterocycles. The summed E-state index contributed by atoms with van der Waals surface area (Å²) in [6.45, 7) is 4.62. The summed E-state index contributed by atoms with van der Waals surface area (Å²) < 4.78 is 1.87. The summed E-state index contributed by atoms with van der Waals surface area (Å²) in [4.78, 5) is 24.5. The molecule has 0 unspecified atom stereocenters. The number of rotatable bonds is 10. The van der Waals surface area contributed by atoms with Crippen LogP contribution < -0.4 is 10.6 Å². The molecule has 1 aromatic heterocycles. The van der Waals surface area contributed by atoms with Gasteiger partial charge in [-0.2, -0.15) is 0 Å². The summed E-state index contributed by atoms with van der Waals surface area (Å²) >= 11 is 13.1. The predicted octanol–water partition coefficient (Wildman–Crippen LogP) is 4.47. The average Bonchev–Trinajstić information content (AvgIpc) is 3.16. The first-order chi connectivity index (χ1) is 15.5. The lowest BCUT2D eigenvalue weighted by Gasteiger charge is -2.09. The Hall–Kier alpha value is -2.81. The SMILES string of the molecule is C=CCn1c(CCNC(=O)c2ccc(Cl)c(Cl)c2)nnc1SCC(=O)Nc1ccccc1. The van der Waals surface area contributed by atoms with Crippen LogP contribution in [0.4, 0.5) is 5.69 Å². The zero-order valence-corrected chi connectivity index (χ0v) is 19.4. The normalized spacial score (nSPS) is 10.6. The molecule has 0 bridgehead atoms. The van der Waals surface area contributed by atoms with E-state index in [4.69, 9.17) is 23.2 Å².